The quantitative estimate of drug-likeness (QED) is 0.805. The second-order valence-electron chi connectivity index (χ2n) is 4.08. The Labute approximate surface area is 90.5 Å². The summed E-state index contributed by atoms with van der Waals surface area (Å²) in [7, 11) is 0. The van der Waals surface area contributed by atoms with E-state index < -0.39 is 0 Å². The van der Waals surface area contributed by atoms with E-state index >= 15 is 0 Å². The smallest absolute Gasteiger partial charge is 0.0386 e. The summed E-state index contributed by atoms with van der Waals surface area (Å²) in [6.45, 7) is 5.49. The van der Waals surface area contributed by atoms with Gasteiger partial charge >= 0.3 is 0 Å². The van der Waals surface area contributed by atoms with Crippen LogP contribution in [0.3, 0.4) is 0 Å². The second kappa shape index (κ2) is 4.45. The first-order valence-electron chi connectivity index (χ1n) is 5.66. The van der Waals surface area contributed by atoms with Crippen LogP contribution in [0.4, 0.5) is 0 Å². The van der Waals surface area contributed by atoms with Crippen LogP contribution in [0.25, 0.3) is 0 Å². The zero-order valence-corrected chi connectivity index (χ0v) is 9.91. The Balaban J connectivity index is 2.15. The van der Waals surface area contributed by atoms with E-state index in [1.54, 1.807) is 10.4 Å². The number of rotatable bonds is 3. The molecule has 2 rings (SSSR count). The third-order valence-electron chi connectivity index (χ3n) is 2.95. The third-order valence-corrected chi connectivity index (χ3v) is 4.37. The standard InChI is InChI=1S/C12H19NS/c1-3-13-9(2)12-8-10-6-4-5-7-11(10)14-12/h8-9,13H,3-7H2,1-2H3. The highest BCUT2D eigenvalue weighted by Crippen LogP contribution is 2.32. The van der Waals surface area contributed by atoms with Crippen molar-refractivity contribution >= 4 is 11.3 Å². The van der Waals surface area contributed by atoms with Gasteiger partial charge in [0.2, 0.25) is 0 Å². The Kier molecular flexibility index (Phi) is 3.24. The molecule has 1 nitrogen and oxygen atoms in total. The lowest BCUT2D eigenvalue weighted by atomic mass is 9.99. The van der Waals surface area contributed by atoms with Gasteiger partial charge in [-0.3, -0.25) is 0 Å². The largest absolute Gasteiger partial charge is 0.310 e. The average molecular weight is 209 g/mol. The summed E-state index contributed by atoms with van der Waals surface area (Å²) >= 11 is 2.02. The fourth-order valence-electron chi connectivity index (χ4n) is 2.13. The first-order valence-corrected chi connectivity index (χ1v) is 6.47. The highest BCUT2D eigenvalue weighted by Gasteiger charge is 2.15. The van der Waals surface area contributed by atoms with E-state index in [2.05, 4.69) is 25.2 Å². The Morgan fingerprint density at radius 1 is 1.43 bits per heavy atom. The Hall–Kier alpha value is -0.340. The zero-order valence-electron chi connectivity index (χ0n) is 9.10. The molecule has 0 aliphatic heterocycles. The maximum Gasteiger partial charge on any atom is 0.0386 e. The molecule has 14 heavy (non-hydrogen) atoms. The topological polar surface area (TPSA) is 12.0 Å². The van der Waals surface area contributed by atoms with Gasteiger partial charge in [-0.2, -0.15) is 0 Å². The lowest BCUT2D eigenvalue weighted by molar-refractivity contribution is 0.606. The van der Waals surface area contributed by atoms with Crippen molar-refractivity contribution < 1.29 is 0 Å². The lowest BCUT2D eigenvalue weighted by Gasteiger charge is -2.08. The molecule has 0 bridgehead atoms. The molecule has 78 valence electrons. The van der Waals surface area contributed by atoms with Crippen molar-refractivity contribution in [2.24, 2.45) is 0 Å². The van der Waals surface area contributed by atoms with Crippen LogP contribution < -0.4 is 5.32 Å². The maximum atomic E-state index is 3.48. The molecule has 0 aromatic carbocycles. The molecule has 1 aliphatic carbocycles. The maximum absolute atomic E-state index is 3.48. The van der Waals surface area contributed by atoms with Gasteiger partial charge in [0.1, 0.15) is 0 Å². The van der Waals surface area contributed by atoms with E-state index in [4.69, 9.17) is 0 Å². The van der Waals surface area contributed by atoms with Gasteiger partial charge in [0.25, 0.3) is 0 Å². The molecule has 1 aromatic heterocycles. The van der Waals surface area contributed by atoms with Crippen LogP contribution in [-0.4, -0.2) is 6.54 Å². The summed E-state index contributed by atoms with van der Waals surface area (Å²) < 4.78 is 0. The summed E-state index contributed by atoms with van der Waals surface area (Å²) in [6.07, 6.45) is 5.41. The minimum Gasteiger partial charge on any atom is -0.310 e. The van der Waals surface area contributed by atoms with Crippen LogP contribution in [0, 0.1) is 0 Å². The number of thiophene rings is 1. The van der Waals surface area contributed by atoms with Crippen molar-refractivity contribution in [1.82, 2.24) is 5.32 Å². The number of fused-ring (bicyclic) bond motifs is 1. The molecule has 0 spiro atoms. The van der Waals surface area contributed by atoms with Gasteiger partial charge in [-0.1, -0.05) is 6.92 Å². The number of aryl methyl sites for hydroxylation is 2. The predicted molar refractivity (Wildman–Crippen MR) is 63.1 cm³/mol. The van der Waals surface area contributed by atoms with E-state index in [1.807, 2.05) is 11.3 Å². The molecule has 0 saturated heterocycles. The van der Waals surface area contributed by atoms with E-state index in [0.29, 0.717) is 6.04 Å². The Morgan fingerprint density at radius 3 is 2.93 bits per heavy atom. The van der Waals surface area contributed by atoms with Crippen molar-refractivity contribution in [2.75, 3.05) is 6.54 Å². The fraction of sp³-hybridized carbons (Fsp3) is 0.667. The van der Waals surface area contributed by atoms with Gasteiger partial charge in [0.05, 0.1) is 0 Å². The van der Waals surface area contributed by atoms with Crippen molar-refractivity contribution in [1.29, 1.82) is 0 Å². The first-order chi connectivity index (χ1) is 6.81. The molecule has 0 radical (unpaired) electrons. The molecule has 0 saturated carbocycles. The molecule has 1 atom stereocenters. The van der Waals surface area contributed by atoms with Crippen LogP contribution in [0.15, 0.2) is 6.07 Å². The number of hydrogen-bond acceptors (Lipinski definition) is 2. The summed E-state index contributed by atoms with van der Waals surface area (Å²) in [5, 5.41) is 3.48. The molecule has 1 aliphatic rings. The van der Waals surface area contributed by atoms with E-state index in [9.17, 15) is 0 Å². The molecule has 1 unspecified atom stereocenters. The van der Waals surface area contributed by atoms with Crippen LogP contribution in [0.2, 0.25) is 0 Å². The minimum atomic E-state index is 0.538. The average Bonchev–Trinajstić information content (AvgIpc) is 2.61. The van der Waals surface area contributed by atoms with E-state index in [1.165, 1.54) is 30.6 Å². The Bertz CT molecular complexity index is 280. The van der Waals surface area contributed by atoms with Crippen LogP contribution in [0.1, 0.15) is 48.0 Å². The minimum absolute atomic E-state index is 0.538. The van der Waals surface area contributed by atoms with Gasteiger partial charge in [0.15, 0.2) is 0 Å². The monoisotopic (exact) mass is 209 g/mol. The van der Waals surface area contributed by atoms with E-state index in [0.717, 1.165) is 6.54 Å². The highest BCUT2D eigenvalue weighted by atomic mass is 32.1. The molecule has 1 heterocycles. The Morgan fingerprint density at radius 2 is 2.21 bits per heavy atom. The predicted octanol–water partition coefficient (Wildman–Crippen LogP) is 3.30. The summed E-state index contributed by atoms with van der Waals surface area (Å²) in [5.74, 6) is 0. The van der Waals surface area contributed by atoms with Crippen LogP contribution in [0.5, 0.6) is 0 Å². The van der Waals surface area contributed by atoms with Crippen molar-refractivity contribution in [2.45, 2.75) is 45.6 Å². The van der Waals surface area contributed by atoms with Gasteiger partial charge in [0, 0.05) is 15.8 Å². The number of hydrogen-bond donors (Lipinski definition) is 1. The molecule has 0 fully saturated rings. The molecule has 2 heteroatoms. The summed E-state index contributed by atoms with van der Waals surface area (Å²) in [5.41, 5.74) is 1.63. The SMILES string of the molecule is CCNC(C)c1cc2c(s1)CCCC2. The number of nitrogens with one attached hydrogen (secondary N) is 1. The zero-order chi connectivity index (χ0) is 9.97. The van der Waals surface area contributed by atoms with Crippen molar-refractivity contribution in [3.05, 3.63) is 21.4 Å². The summed E-state index contributed by atoms with van der Waals surface area (Å²) in [4.78, 5) is 3.18. The van der Waals surface area contributed by atoms with Gasteiger partial charge in [-0.25, -0.2) is 0 Å². The van der Waals surface area contributed by atoms with E-state index in [-0.39, 0.29) is 0 Å². The van der Waals surface area contributed by atoms with Crippen molar-refractivity contribution in [3.8, 4) is 0 Å². The molecular weight excluding hydrogens is 190 g/mol. The molecular formula is C12H19NS. The van der Waals surface area contributed by atoms with Gasteiger partial charge in [-0.15, -0.1) is 11.3 Å². The molecule has 1 aromatic rings. The van der Waals surface area contributed by atoms with Crippen LogP contribution >= 0.6 is 11.3 Å². The third kappa shape index (κ3) is 2.01. The summed E-state index contributed by atoms with van der Waals surface area (Å²) in [6, 6.07) is 2.96. The van der Waals surface area contributed by atoms with Gasteiger partial charge in [-0.05, 0) is 50.8 Å². The molecule has 0 amide bonds. The van der Waals surface area contributed by atoms with Crippen molar-refractivity contribution in [3.63, 3.8) is 0 Å². The second-order valence-corrected chi connectivity index (χ2v) is 5.25. The fourth-order valence-corrected chi connectivity index (χ4v) is 3.42. The van der Waals surface area contributed by atoms with Crippen LogP contribution in [-0.2, 0) is 12.8 Å². The molecule has 1 N–H and O–H groups in total. The normalized spacial score (nSPS) is 17.9. The lowest BCUT2D eigenvalue weighted by Crippen LogP contribution is -2.16. The highest BCUT2D eigenvalue weighted by molar-refractivity contribution is 7.12. The van der Waals surface area contributed by atoms with Gasteiger partial charge < -0.3 is 5.32 Å². The first kappa shape index (κ1) is 10.2.